The molecule has 1 aliphatic rings. The SMILES string of the molecule is CN1[B][B][B]C1=O. The maximum atomic E-state index is 10.4. The van der Waals surface area contributed by atoms with Gasteiger partial charge >= 0.3 is 0 Å². The largest absolute Gasteiger partial charge is 0.413 e. The summed E-state index contributed by atoms with van der Waals surface area (Å²) in [6.45, 7) is 0. The maximum absolute atomic E-state index is 10.4. The van der Waals surface area contributed by atoms with E-state index in [9.17, 15) is 4.79 Å². The van der Waals surface area contributed by atoms with E-state index < -0.39 is 0 Å². The van der Waals surface area contributed by atoms with E-state index in [0.717, 1.165) is 0 Å². The Kier molecular flexibility index (Phi) is 1.13. The zero-order valence-electron chi connectivity index (χ0n) is 4.09. The van der Waals surface area contributed by atoms with Crippen molar-refractivity contribution in [3.05, 3.63) is 0 Å². The van der Waals surface area contributed by atoms with Crippen LogP contribution in [0.1, 0.15) is 0 Å². The first kappa shape index (κ1) is 4.81. The highest BCUT2D eigenvalue weighted by Crippen LogP contribution is 1.87. The van der Waals surface area contributed by atoms with E-state index in [4.69, 9.17) is 0 Å². The van der Waals surface area contributed by atoms with Crippen molar-refractivity contribution in [2.45, 2.75) is 0 Å². The molecule has 5 heteroatoms. The molecular weight excluding hydrogens is 86.5 g/mol. The van der Waals surface area contributed by atoms with Gasteiger partial charge in [-0.05, 0) is 7.05 Å². The van der Waals surface area contributed by atoms with E-state index in [1.807, 2.05) is 0 Å². The second-order valence-corrected chi connectivity index (χ2v) is 1.46. The van der Waals surface area contributed by atoms with Crippen molar-refractivity contribution in [2.75, 3.05) is 7.05 Å². The van der Waals surface area contributed by atoms with Crippen LogP contribution < -0.4 is 0 Å². The van der Waals surface area contributed by atoms with Gasteiger partial charge in [-0.15, -0.1) is 0 Å². The summed E-state index contributed by atoms with van der Waals surface area (Å²) in [5, 5.41) is 0. The van der Waals surface area contributed by atoms with E-state index in [0.29, 0.717) is 0 Å². The molecule has 0 bridgehead atoms. The normalized spacial score (nSPS) is 17.9. The van der Waals surface area contributed by atoms with Crippen LogP contribution in [0, 0.1) is 0 Å². The summed E-state index contributed by atoms with van der Waals surface area (Å²) in [6.07, 6.45) is 0. The standard InChI is InChI=1S/C2H3B3NO/c1-6-2(7)3-4-5-6/h1H3. The summed E-state index contributed by atoms with van der Waals surface area (Å²) in [5.74, 6) is 0.0556. The summed E-state index contributed by atoms with van der Waals surface area (Å²) >= 11 is 0. The predicted molar refractivity (Wildman–Crippen MR) is 30.4 cm³/mol. The van der Waals surface area contributed by atoms with Crippen molar-refractivity contribution in [1.82, 2.24) is 4.81 Å². The van der Waals surface area contributed by atoms with Gasteiger partial charge in [-0.3, -0.25) is 4.79 Å². The number of nitrogens with zero attached hydrogens (tertiary/aromatic N) is 1. The van der Waals surface area contributed by atoms with Crippen LogP contribution in [0.3, 0.4) is 0 Å². The first-order valence-corrected chi connectivity index (χ1v) is 2.09. The van der Waals surface area contributed by atoms with Gasteiger partial charge in [-0.25, -0.2) is 0 Å². The fourth-order valence-corrected chi connectivity index (χ4v) is 0.445. The Morgan fingerprint density at radius 1 is 1.71 bits per heavy atom. The molecule has 0 atom stereocenters. The molecule has 1 aliphatic heterocycles. The summed E-state index contributed by atoms with van der Waals surface area (Å²) < 4.78 is 0. The van der Waals surface area contributed by atoms with Crippen LogP contribution in [0.25, 0.3) is 0 Å². The lowest BCUT2D eigenvalue weighted by molar-refractivity contribution is 0.250. The molecule has 1 saturated heterocycles. The molecule has 0 aromatic rings. The highest BCUT2D eigenvalue weighted by molar-refractivity contribution is 7.40. The Hall–Kier alpha value is -0.335. The zero-order chi connectivity index (χ0) is 5.28. The minimum absolute atomic E-state index is 0.0556. The molecule has 0 aromatic carbocycles. The van der Waals surface area contributed by atoms with Gasteiger partial charge in [0.2, 0.25) is 0 Å². The fourth-order valence-electron chi connectivity index (χ4n) is 0.445. The number of hydrogen-bond acceptors (Lipinski definition) is 1. The molecule has 2 nitrogen and oxygen atoms in total. The van der Waals surface area contributed by atoms with E-state index in [1.54, 1.807) is 21.4 Å². The van der Waals surface area contributed by atoms with E-state index in [-0.39, 0.29) is 5.81 Å². The summed E-state index contributed by atoms with van der Waals surface area (Å²) in [7, 11) is 6.70. The third kappa shape index (κ3) is 0.815. The van der Waals surface area contributed by atoms with Gasteiger partial charge in [0, 0.05) is 0 Å². The quantitative estimate of drug-likeness (QED) is 0.346. The van der Waals surface area contributed by atoms with Crippen molar-refractivity contribution < 1.29 is 4.79 Å². The molecule has 0 N–H and O–H groups in total. The minimum Gasteiger partial charge on any atom is -0.413 e. The molecule has 0 saturated carbocycles. The summed E-state index contributed by atoms with van der Waals surface area (Å²) in [6, 6.07) is 0. The van der Waals surface area contributed by atoms with Crippen LogP contribution in [-0.2, 0) is 0 Å². The molecule has 31 valence electrons. The lowest BCUT2D eigenvalue weighted by atomic mass is 9.27. The second-order valence-electron chi connectivity index (χ2n) is 1.46. The minimum atomic E-state index is 0.0556. The summed E-state index contributed by atoms with van der Waals surface area (Å²) in [5.41, 5.74) is 0. The number of carbonyl (C=O) groups is 1. The Morgan fingerprint density at radius 2 is 2.43 bits per heavy atom. The van der Waals surface area contributed by atoms with Crippen LogP contribution in [0.5, 0.6) is 0 Å². The Morgan fingerprint density at radius 3 is 2.57 bits per heavy atom. The topological polar surface area (TPSA) is 20.3 Å². The number of amides is 1. The van der Waals surface area contributed by atoms with Crippen LogP contribution in [0.2, 0.25) is 0 Å². The van der Waals surface area contributed by atoms with Gasteiger partial charge < -0.3 is 4.81 Å². The van der Waals surface area contributed by atoms with Crippen LogP contribution >= 0.6 is 0 Å². The molecule has 0 aliphatic carbocycles. The fraction of sp³-hybridized carbons (Fsp3) is 0.500. The molecule has 0 spiro atoms. The molecule has 3 radical (unpaired) electrons. The highest BCUT2D eigenvalue weighted by Gasteiger charge is 2.17. The van der Waals surface area contributed by atoms with Gasteiger partial charge in [-0.1, -0.05) is 0 Å². The predicted octanol–water partition coefficient (Wildman–Crippen LogP) is -1.09. The number of carbonyl (C=O) groups excluding carboxylic acids is 1. The van der Waals surface area contributed by atoms with Gasteiger partial charge in [0.1, 0.15) is 5.81 Å². The third-order valence-corrected chi connectivity index (χ3v) is 0.896. The van der Waals surface area contributed by atoms with Gasteiger partial charge in [0.25, 0.3) is 0 Å². The lowest BCUT2D eigenvalue weighted by Gasteiger charge is -2.05. The average Bonchev–Trinajstić information content (AvgIpc) is 1.91. The van der Waals surface area contributed by atoms with Gasteiger partial charge in [-0.2, -0.15) is 0 Å². The summed E-state index contributed by atoms with van der Waals surface area (Å²) in [4.78, 5) is 11.9. The average molecular weight is 89.5 g/mol. The smallest absolute Gasteiger partial charge is 0.187 e. The molecule has 1 amide bonds. The van der Waals surface area contributed by atoms with Crippen molar-refractivity contribution in [3.63, 3.8) is 0 Å². The Balaban J connectivity index is 2.48. The van der Waals surface area contributed by atoms with Crippen LogP contribution in [0.15, 0.2) is 0 Å². The molecule has 7 heavy (non-hydrogen) atoms. The molecule has 1 heterocycles. The van der Waals surface area contributed by atoms with Crippen molar-refractivity contribution in [2.24, 2.45) is 0 Å². The molecule has 1 rings (SSSR count). The first-order valence-electron chi connectivity index (χ1n) is 2.09. The highest BCUT2D eigenvalue weighted by atomic mass is 16.1. The van der Waals surface area contributed by atoms with Crippen LogP contribution in [-0.4, -0.2) is 39.2 Å². The first-order chi connectivity index (χ1) is 3.30. The third-order valence-electron chi connectivity index (χ3n) is 0.896. The van der Waals surface area contributed by atoms with E-state index in [2.05, 4.69) is 0 Å². The lowest BCUT2D eigenvalue weighted by Crippen LogP contribution is -2.21. The van der Waals surface area contributed by atoms with Gasteiger partial charge in [0.05, 0.1) is 7.06 Å². The Bertz CT molecular complexity index is 94.9. The zero-order valence-corrected chi connectivity index (χ0v) is 4.09. The van der Waals surface area contributed by atoms with E-state index >= 15 is 0 Å². The number of hydrogen-bond donors (Lipinski definition) is 0. The molecule has 0 aromatic heterocycles. The van der Waals surface area contributed by atoms with Crippen molar-refractivity contribution in [1.29, 1.82) is 0 Å². The van der Waals surface area contributed by atoms with Gasteiger partial charge in [0.15, 0.2) is 14.5 Å². The Labute approximate surface area is 45.0 Å². The van der Waals surface area contributed by atoms with Crippen molar-refractivity contribution in [3.8, 4) is 0 Å². The second kappa shape index (κ2) is 1.64. The molecule has 0 unspecified atom stereocenters. The maximum Gasteiger partial charge on any atom is 0.187 e. The van der Waals surface area contributed by atoms with Crippen molar-refractivity contribution >= 4 is 27.3 Å². The van der Waals surface area contributed by atoms with E-state index in [1.165, 1.54) is 12.0 Å². The molecular formula is C2H3B3NO. The van der Waals surface area contributed by atoms with Crippen LogP contribution in [0.4, 0.5) is 4.79 Å². The monoisotopic (exact) mass is 90.0 g/mol. The molecule has 1 fully saturated rings. The number of rotatable bonds is 0.